The first-order chi connectivity index (χ1) is 9.44. The lowest BCUT2D eigenvalue weighted by Gasteiger charge is -2.13. The molecule has 0 radical (unpaired) electrons. The van der Waals surface area contributed by atoms with Crippen molar-refractivity contribution in [2.24, 2.45) is 0 Å². The van der Waals surface area contributed by atoms with Crippen molar-refractivity contribution in [3.05, 3.63) is 47.7 Å². The third kappa shape index (κ3) is 4.27. The average Bonchev–Trinajstić information content (AvgIpc) is 2.75. The quantitative estimate of drug-likeness (QED) is 0.917. The molecule has 0 saturated heterocycles. The van der Waals surface area contributed by atoms with Crippen molar-refractivity contribution in [1.82, 2.24) is 10.3 Å². The molecule has 0 bridgehead atoms. The maximum atomic E-state index is 12.2. The van der Waals surface area contributed by atoms with Gasteiger partial charge in [0.05, 0.1) is 12.7 Å². The Morgan fingerprint density at radius 2 is 2.00 bits per heavy atom. The number of hydrogen-bond acceptors (Lipinski definition) is 4. The Morgan fingerprint density at radius 3 is 2.65 bits per heavy atom. The Hall–Kier alpha value is -2.02. The summed E-state index contributed by atoms with van der Waals surface area (Å²) in [5.41, 5.74) is 0.410. The zero-order valence-corrected chi connectivity index (χ0v) is 10.7. The van der Waals surface area contributed by atoms with Crippen molar-refractivity contribution in [2.75, 3.05) is 0 Å². The van der Waals surface area contributed by atoms with Gasteiger partial charge >= 0.3 is 6.36 Å². The summed E-state index contributed by atoms with van der Waals surface area (Å²) in [5.74, 6) is 0.954. The van der Waals surface area contributed by atoms with Crippen LogP contribution in [-0.4, -0.2) is 11.3 Å². The summed E-state index contributed by atoms with van der Waals surface area (Å²) in [5, 5.41) is 2.95. The summed E-state index contributed by atoms with van der Waals surface area (Å²) in [6.45, 7) is 2.31. The predicted octanol–water partition coefficient (Wildman–Crippen LogP) is 3.17. The van der Waals surface area contributed by atoms with Crippen LogP contribution in [0, 0.1) is 6.92 Å². The molecule has 0 aliphatic rings. The van der Waals surface area contributed by atoms with Crippen LogP contribution in [0.15, 0.2) is 34.9 Å². The maximum absolute atomic E-state index is 12.2. The van der Waals surface area contributed by atoms with Crippen molar-refractivity contribution >= 4 is 0 Å². The van der Waals surface area contributed by atoms with Crippen molar-refractivity contribution < 1.29 is 22.3 Å². The van der Waals surface area contributed by atoms with Crippen LogP contribution in [-0.2, 0) is 13.1 Å². The zero-order chi connectivity index (χ0) is 14.6. The number of hydrogen-bond donors (Lipinski definition) is 1. The third-order valence-corrected chi connectivity index (χ3v) is 2.46. The minimum absolute atomic E-state index is 0.212. The van der Waals surface area contributed by atoms with Gasteiger partial charge in [-0.3, -0.25) is 0 Å². The van der Waals surface area contributed by atoms with Crippen molar-refractivity contribution in [3.8, 4) is 5.75 Å². The second-order valence-electron chi connectivity index (χ2n) is 4.12. The van der Waals surface area contributed by atoms with Gasteiger partial charge in [0.15, 0.2) is 0 Å². The Labute approximate surface area is 113 Å². The number of halogens is 3. The second kappa shape index (κ2) is 5.96. The number of para-hydroxylation sites is 1. The second-order valence-corrected chi connectivity index (χ2v) is 4.12. The summed E-state index contributed by atoms with van der Waals surface area (Å²) in [4.78, 5) is 3.99. The van der Waals surface area contributed by atoms with E-state index in [0.717, 1.165) is 0 Å². The summed E-state index contributed by atoms with van der Waals surface area (Å²) in [7, 11) is 0. The molecule has 0 unspecified atom stereocenters. The van der Waals surface area contributed by atoms with Crippen LogP contribution < -0.4 is 10.1 Å². The van der Waals surface area contributed by atoms with E-state index in [4.69, 9.17) is 4.42 Å². The molecule has 0 spiro atoms. The number of aromatic nitrogens is 1. The van der Waals surface area contributed by atoms with Crippen molar-refractivity contribution in [3.63, 3.8) is 0 Å². The van der Waals surface area contributed by atoms with E-state index in [1.165, 1.54) is 12.1 Å². The van der Waals surface area contributed by atoms with Crippen LogP contribution >= 0.6 is 0 Å². The van der Waals surface area contributed by atoms with E-state index in [0.29, 0.717) is 23.8 Å². The molecule has 1 aromatic heterocycles. The summed E-state index contributed by atoms with van der Waals surface area (Å²) in [6.07, 6.45) is -3.12. The third-order valence-electron chi connectivity index (χ3n) is 2.46. The van der Waals surface area contributed by atoms with Crippen LogP contribution in [0.4, 0.5) is 13.2 Å². The maximum Gasteiger partial charge on any atom is 0.573 e. The Balaban J connectivity index is 1.95. The summed E-state index contributed by atoms with van der Waals surface area (Å²) >= 11 is 0. The van der Waals surface area contributed by atoms with Crippen LogP contribution in [0.3, 0.4) is 0 Å². The first-order valence-corrected chi connectivity index (χ1v) is 5.90. The minimum Gasteiger partial charge on any atom is -0.445 e. The summed E-state index contributed by atoms with van der Waals surface area (Å²) < 4.78 is 45.9. The molecule has 0 aliphatic heterocycles. The number of rotatable bonds is 5. The van der Waals surface area contributed by atoms with Gasteiger partial charge in [-0.2, -0.15) is 0 Å². The van der Waals surface area contributed by atoms with E-state index in [9.17, 15) is 13.2 Å². The molecular weight excluding hydrogens is 273 g/mol. The van der Waals surface area contributed by atoms with E-state index < -0.39 is 6.36 Å². The molecule has 2 rings (SSSR count). The highest BCUT2D eigenvalue weighted by Gasteiger charge is 2.31. The standard InChI is InChI=1S/C13H13F3N2O2/c1-9-6-18-12(19-9)8-17-7-10-4-2-3-5-11(10)20-13(14,15)16/h2-6,17H,7-8H2,1H3. The van der Waals surface area contributed by atoms with Crippen LogP contribution in [0.5, 0.6) is 5.75 Å². The average molecular weight is 286 g/mol. The van der Waals surface area contributed by atoms with Gasteiger partial charge < -0.3 is 14.5 Å². The van der Waals surface area contributed by atoms with Crippen LogP contribution in [0.2, 0.25) is 0 Å². The smallest absolute Gasteiger partial charge is 0.445 e. The van der Waals surface area contributed by atoms with E-state index in [1.54, 1.807) is 25.3 Å². The number of benzene rings is 1. The number of aryl methyl sites for hydroxylation is 1. The lowest BCUT2D eigenvalue weighted by molar-refractivity contribution is -0.274. The molecule has 1 aromatic carbocycles. The predicted molar refractivity (Wildman–Crippen MR) is 64.9 cm³/mol. The Bertz CT molecular complexity index is 567. The Morgan fingerprint density at radius 1 is 1.25 bits per heavy atom. The lowest BCUT2D eigenvalue weighted by atomic mass is 10.2. The minimum atomic E-state index is -4.70. The van der Waals surface area contributed by atoms with Gasteiger partial charge in [0.25, 0.3) is 0 Å². The van der Waals surface area contributed by atoms with Crippen LogP contribution in [0.1, 0.15) is 17.2 Å². The monoisotopic (exact) mass is 286 g/mol. The molecule has 2 aromatic rings. The number of ether oxygens (including phenoxy) is 1. The molecule has 0 aliphatic carbocycles. The van der Waals surface area contributed by atoms with Crippen molar-refractivity contribution in [1.29, 1.82) is 0 Å². The molecule has 108 valence electrons. The molecule has 4 nitrogen and oxygen atoms in total. The highest BCUT2D eigenvalue weighted by atomic mass is 19.4. The van der Waals surface area contributed by atoms with Crippen LogP contribution in [0.25, 0.3) is 0 Å². The number of oxazole rings is 1. The number of nitrogens with zero attached hydrogens (tertiary/aromatic N) is 1. The van der Waals surface area contributed by atoms with E-state index >= 15 is 0 Å². The highest BCUT2D eigenvalue weighted by molar-refractivity contribution is 5.33. The van der Waals surface area contributed by atoms with Gasteiger partial charge in [-0.25, -0.2) is 4.98 Å². The van der Waals surface area contributed by atoms with E-state index in [-0.39, 0.29) is 12.3 Å². The lowest BCUT2D eigenvalue weighted by Crippen LogP contribution is -2.20. The fraction of sp³-hybridized carbons (Fsp3) is 0.308. The molecular formula is C13H13F3N2O2. The van der Waals surface area contributed by atoms with Gasteiger partial charge in [0.2, 0.25) is 5.89 Å². The molecule has 1 heterocycles. The van der Waals surface area contributed by atoms with E-state index in [1.807, 2.05) is 0 Å². The molecule has 1 N–H and O–H groups in total. The van der Waals surface area contributed by atoms with Crippen molar-refractivity contribution in [2.45, 2.75) is 26.4 Å². The SMILES string of the molecule is Cc1cnc(CNCc2ccccc2OC(F)(F)F)o1. The largest absolute Gasteiger partial charge is 0.573 e. The fourth-order valence-corrected chi connectivity index (χ4v) is 1.66. The molecule has 0 amide bonds. The van der Waals surface area contributed by atoms with Gasteiger partial charge in [-0.05, 0) is 13.0 Å². The molecule has 0 fully saturated rings. The number of alkyl halides is 3. The van der Waals surface area contributed by atoms with Gasteiger partial charge in [-0.1, -0.05) is 18.2 Å². The topological polar surface area (TPSA) is 47.3 Å². The Kier molecular flexibility index (Phi) is 4.29. The normalized spacial score (nSPS) is 11.6. The molecule has 0 atom stereocenters. The number of nitrogens with one attached hydrogen (secondary N) is 1. The molecule has 20 heavy (non-hydrogen) atoms. The van der Waals surface area contributed by atoms with Gasteiger partial charge in [0, 0.05) is 12.1 Å². The van der Waals surface area contributed by atoms with Gasteiger partial charge in [0.1, 0.15) is 11.5 Å². The zero-order valence-electron chi connectivity index (χ0n) is 10.7. The molecule has 7 heteroatoms. The first-order valence-electron chi connectivity index (χ1n) is 5.90. The first kappa shape index (κ1) is 14.4. The fourth-order valence-electron chi connectivity index (χ4n) is 1.66. The summed E-state index contributed by atoms with van der Waals surface area (Å²) in [6, 6.07) is 5.98. The van der Waals surface area contributed by atoms with Gasteiger partial charge in [-0.15, -0.1) is 13.2 Å². The molecule has 0 saturated carbocycles. The highest BCUT2D eigenvalue weighted by Crippen LogP contribution is 2.26. The van der Waals surface area contributed by atoms with E-state index in [2.05, 4.69) is 15.0 Å².